The molecule has 0 fully saturated rings. The van der Waals surface area contributed by atoms with Crippen LogP contribution in [0.5, 0.6) is 5.75 Å². The fourth-order valence-corrected chi connectivity index (χ4v) is 5.43. The van der Waals surface area contributed by atoms with Gasteiger partial charge in [-0.25, -0.2) is 4.79 Å². The largest absolute Gasteiger partial charge is 0.508 e. The van der Waals surface area contributed by atoms with E-state index in [9.17, 15) is 24.6 Å². The number of aliphatic carboxylic acids is 1. The minimum absolute atomic E-state index is 0.0923. The Labute approximate surface area is 195 Å². The third-order valence-corrected chi connectivity index (χ3v) is 7.19. The van der Waals surface area contributed by atoms with E-state index >= 15 is 0 Å². The monoisotopic (exact) mass is 466 g/mol. The number of phenolic OH excluding ortho intramolecular Hbond substituents is 1. The normalized spacial score (nSPS) is 16.8. The summed E-state index contributed by atoms with van der Waals surface area (Å²) in [7, 11) is 0. The molecule has 172 valence electrons. The lowest BCUT2D eigenvalue weighted by atomic mass is 9.87. The quantitative estimate of drug-likeness (QED) is 0.403. The lowest BCUT2D eigenvalue weighted by Crippen LogP contribution is -2.46. The van der Waals surface area contributed by atoms with Crippen molar-refractivity contribution in [1.82, 2.24) is 10.3 Å². The first-order chi connectivity index (χ1) is 15.8. The molecule has 0 aliphatic heterocycles. The van der Waals surface area contributed by atoms with Crippen LogP contribution in [0.15, 0.2) is 48.7 Å². The van der Waals surface area contributed by atoms with Gasteiger partial charge in [-0.05, 0) is 53.6 Å². The number of hydrogen-bond acceptors (Lipinski definition) is 5. The summed E-state index contributed by atoms with van der Waals surface area (Å²) in [5, 5.41) is 23.2. The number of aromatic amines is 1. The van der Waals surface area contributed by atoms with E-state index in [0.717, 1.165) is 45.8 Å². The molecule has 4 N–H and O–H groups in total. The van der Waals surface area contributed by atoms with E-state index in [1.54, 1.807) is 18.3 Å². The van der Waals surface area contributed by atoms with Crippen LogP contribution in [-0.4, -0.2) is 44.0 Å². The van der Waals surface area contributed by atoms with Gasteiger partial charge in [-0.1, -0.05) is 36.0 Å². The highest BCUT2D eigenvalue weighted by atomic mass is 32.2. The van der Waals surface area contributed by atoms with Crippen molar-refractivity contribution in [2.75, 3.05) is 5.75 Å². The summed E-state index contributed by atoms with van der Waals surface area (Å²) >= 11 is 1.07. The van der Waals surface area contributed by atoms with Crippen LogP contribution in [0.3, 0.4) is 0 Å². The van der Waals surface area contributed by atoms with Crippen molar-refractivity contribution in [2.45, 2.75) is 38.1 Å². The topological polar surface area (TPSA) is 119 Å². The lowest BCUT2D eigenvalue weighted by molar-refractivity contribution is -0.142. The highest BCUT2D eigenvalue weighted by Crippen LogP contribution is 2.41. The van der Waals surface area contributed by atoms with Crippen LogP contribution in [0.2, 0.25) is 0 Å². The molecule has 2 aromatic carbocycles. The summed E-state index contributed by atoms with van der Waals surface area (Å²) in [5.41, 5.74) is 3.68. The Kier molecular flexibility index (Phi) is 6.74. The van der Waals surface area contributed by atoms with E-state index < -0.39 is 17.9 Å². The number of benzene rings is 2. The van der Waals surface area contributed by atoms with Gasteiger partial charge in [0.25, 0.3) is 0 Å². The number of para-hydroxylation sites is 1. The van der Waals surface area contributed by atoms with Crippen LogP contribution < -0.4 is 5.32 Å². The predicted molar refractivity (Wildman–Crippen MR) is 127 cm³/mol. The summed E-state index contributed by atoms with van der Waals surface area (Å²) in [6.07, 6.45) is 3.35. The first kappa shape index (κ1) is 22.9. The summed E-state index contributed by atoms with van der Waals surface area (Å²) < 4.78 is 0. The Hall–Kier alpha value is -3.26. The number of phenols is 1. The number of carboxylic acids is 1. The van der Waals surface area contributed by atoms with Gasteiger partial charge in [0.05, 0.1) is 5.92 Å². The zero-order valence-corrected chi connectivity index (χ0v) is 19.0. The van der Waals surface area contributed by atoms with Gasteiger partial charge >= 0.3 is 5.97 Å². The van der Waals surface area contributed by atoms with E-state index in [1.807, 2.05) is 30.3 Å². The van der Waals surface area contributed by atoms with E-state index in [2.05, 4.69) is 10.3 Å². The number of rotatable bonds is 8. The van der Waals surface area contributed by atoms with Gasteiger partial charge in [0.15, 0.2) is 5.12 Å². The molecule has 3 unspecified atom stereocenters. The second-order valence-electron chi connectivity index (χ2n) is 8.40. The number of carbonyl (C=O) groups is 3. The number of aromatic hydroxyl groups is 1. The standard InChI is InChI=1S/C25H26N2O5S/c1-14(28)33-13-21(20-8-6-15-10-17(29)7-9-18(15)20)24(30)27-23(25(31)32)11-16-12-26-22-5-3-2-4-19(16)22/h2-5,7,9-10,12,20-21,23,26,29H,6,8,11,13H2,1H3,(H,27,30)(H,31,32). The van der Waals surface area contributed by atoms with Crippen LogP contribution in [0.4, 0.5) is 0 Å². The zero-order valence-electron chi connectivity index (χ0n) is 18.2. The highest BCUT2D eigenvalue weighted by Gasteiger charge is 2.36. The minimum atomic E-state index is -1.11. The molecule has 1 aromatic heterocycles. The Morgan fingerprint density at radius 3 is 2.76 bits per heavy atom. The van der Waals surface area contributed by atoms with E-state index in [1.165, 1.54) is 6.92 Å². The van der Waals surface area contributed by atoms with Gasteiger partial charge in [-0.3, -0.25) is 9.59 Å². The smallest absolute Gasteiger partial charge is 0.326 e. The number of amides is 1. The first-order valence-corrected chi connectivity index (χ1v) is 11.9. The molecule has 7 nitrogen and oxygen atoms in total. The Balaban J connectivity index is 1.56. The van der Waals surface area contributed by atoms with Crippen LogP contribution in [0.1, 0.15) is 36.0 Å². The maximum atomic E-state index is 13.4. The Morgan fingerprint density at radius 2 is 2.00 bits per heavy atom. The maximum Gasteiger partial charge on any atom is 0.326 e. The molecule has 33 heavy (non-hydrogen) atoms. The number of aryl methyl sites for hydroxylation is 1. The molecule has 0 saturated heterocycles. The number of H-pyrrole nitrogens is 1. The molecule has 1 aliphatic rings. The van der Waals surface area contributed by atoms with Crippen molar-refractivity contribution in [3.05, 3.63) is 65.4 Å². The van der Waals surface area contributed by atoms with Crippen molar-refractivity contribution in [2.24, 2.45) is 5.92 Å². The summed E-state index contributed by atoms with van der Waals surface area (Å²) in [6.45, 7) is 1.46. The average Bonchev–Trinajstić information content (AvgIpc) is 3.37. The second-order valence-corrected chi connectivity index (χ2v) is 9.60. The Bertz CT molecular complexity index is 1200. The lowest BCUT2D eigenvalue weighted by Gasteiger charge is -2.25. The van der Waals surface area contributed by atoms with Crippen LogP contribution in [0, 0.1) is 5.92 Å². The molecule has 0 saturated carbocycles. The van der Waals surface area contributed by atoms with E-state index in [4.69, 9.17) is 0 Å². The summed E-state index contributed by atoms with van der Waals surface area (Å²) in [6, 6.07) is 11.6. The second kappa shape index (κ2) is 9.70. The third kappa shape index (κ3) is 5.06. The van der Waals surface area contributed by atoms with Gasteiger partial charge in [-0.2, -0.15) is 0 Å². The molecule has 1 amide bonds. The SMILES string of the molecule is CC(=O)SCC(C(=O)NC(Cc1c[nH]c2ccccc12)C(=O)O)C1CCc2cc(O)ccc21. The van der Waals surface area contributed by atoms with Crippen molar-refractivity contribution in [1.29, 1.82) is 0 Å². The van der Waals surface area contributed by atoms with Crippen LogP contribution in [0.25, 0.3) is 10.9 Å². The van der Waals surface area contributed by atoms with Crippen molar-refractivity contribution in [3.8, 4) is 5.75 Å². The fourth-order valence-electron chi connectivity index (χ4n) is 4.64. The third-order valence-electron chi connectivity index (χ3n) is 6.25. The zero-order chi connectivity index (χ0) is 23.5. The number of carbonyl (C=O) groups excluding carboxylic acids is 2. The predicted octanol–water partition coefficient (Wildman–Crippen LogP) is 3.61. The van der Waals surface area contributed by atoms with Gasteiger partial charge in [-0.15, -0.1) is 0 Å². The number of carboxylic acid groups (broad SMARTS) is 1. The molecule has 0 bridgehead atoms. The number of thioether (sulfide) groups is 1. The molecule has 8 heteroatoms. The molecule has 3 atom stereocenters. The van der Waals surface area contributed by atoms with Crippen LogP contribution >= 0.6 is 11.8 Å². The van der Waals surface area contributed by atoms with Crippen molar-refractivity contribution >= 4 is 39.7 Å². The number of aromatic nitrogens is 1. The number of hydrogen-bond donors (Lipinski definition) is 4. The molecule has 0 radical (unpaired) electrons. The molecular formula is C25H26N2O5S. The van der Waals surface area contributed by atoms with Gasteiger partial charge in [0, 0.05) is 36.2 Å². The first-order valence-electron chi connectivity index (χ1n) is 10.9. The highest BCUT2D eigenvalue weighted by molar-refractivity contribution is 8.13. The molecule has 1 aliphatic carbocycles. The van der Waals surface area contributed by atoms with Gasteiger partial charge in [0.2, 0.25) is 5.91 Å². The molecule has 4 rings (SSSR count). The summed E-state index contributed by atoms with van der Waals surface area (Å²) in [4.78, 5) is 40.2. The van der Waals surface area contributed by atoms with Gasteiger partial charge < -0.3 is 20.5 Å². The number of nitrogens with one attached hydrogen (secondary N) is 2. The molecular weight excluding hydrogens is 440 g/mol. The number of fused-ring (bicyclic) bond motifs is 2. The molecule has 0 spiro atoms. The van der Waals surface area contributed by atoms with Crippen molar-refractivity contribution < 1.29 is 24.6 Å². The van der Waals surface area contributed by atoms with E-state index in [-0.39, 0.29) is 34.9 Å². The molecule has 3 aromatic rings. The van der Waals surface area contributed by atoms with Gasteiger partial charge in [0.1, 0.15) is 11.8 Å². The summed E-state index contributed by atoms with van der Waals surface area (Å²) in [5.74, 6) is -1.74. The Morgan fingerprint density at radius 1 is 1.21 bits per heavy atom. The van der Waals surface area contributed by atoms with Crippen molar-refractivity contribution in [3.63, 3.8) is 0 Å². The molecule has 1 heterocycles. The average molecular weight is 467 g/mol. The maximum absolute atomic E-state index is 13.4. The minimum Gasteiger partial charge on any atom is -0.508 e. The van der Waals surface area contributed by atoms with E-state index in [0.29, 0.717) is 6.42 Å². The van der Waals surface area contributed by atoms with Crippen LogP contribution in [-0.2, 0) is 27.2 Å². The fraction of sp³-hybridized carbons (Fsp3) is 0.320.